The summed E-state index contributed by atoms with van der Waals surface area (Å²) in [6, 6.07) is 0.132. The molecule has 0 aliphatic heterocycles. The van der Waals surface area contributed by atoms with E-state index in [0.717, 1.165) is 19.3 Å². The summed E-state index contributed by atoms with van der Waals surface area (Å²) in [4.78, 5) is 13.9. The van der Waals surface area contributed by atoms with Crippen molar-refractivity contribution in [3.63, 3.8) is 0 Å². The average molecular weight is 258 g/mol. The third-order valence-corrected chi connectivity index (χ3v) is 3.77. The minimum Gasteiger partial charge on any atom is -0.389 e. The maximum absolute atomic E-state index is 12.3. The molecular formula is C13H26N2O3. The van der Waals surface area contributed by atoms with Crippen molar-refractivity contribution < 1.29 is 14.6 Å². The first-order valence-electron chi connectivity index (χ1n) is 6.63. The number of rotatable bonds is 5. The Morgan fingerprint density at radius 2 is 2.22 bits per heavy atom. The molecule has 1 saturated carbocycles. The number of methoxy groups -OCH3 is 1. The van der Waals surface area contributed by atoms with Crippen LogP contribution in [0, 0.1) is 11.8 Å². The molecule has 3 N–H and O–H groups in total. The Hall–Kier alpha value is -0.650. The molecule has 0 radical (unpaired) electrons. The van der Waals surface area contributed by atoms with Crippen molar-refractivity contribution in [2.45, 2.75) is 38.3 Å². The molecule has 5 heteroatoms. The van der Waals surface area contributed by atoms with Crippen LogP contribution in [0.5, 0.6) is 0 Å². The van der Waals surface area contributed by atoms with Gasteiger partial charge in [-0.25, -0.2) is 0 Å². The molecule has 1 amide bonds. The van der Waals surface area contributed by atoms with Crippen molar-refractivity contribution in [3.05, 3.63) is 0 Å². The lowest BCUT2D eigenvalue weighted by Crippen LogP contribution is -2.45. The molecule has 1 aliphatic carbocycles. The van der Waals surface area contributed by atoms with E-state index in [1.807, 2.05) is 0 Å². The predicted molar refractivity (Wildman–Crippen MR) is 70.0 cm³/mol. The maximum atomic E-state index is 12.3. The second-order valence-electron chi connectivity index (χ2n) is 5.48. The molecule has 1 rings (SSSR count). The van der Waals surface area contributed by atoms with Crippen molar-refractivity contribution in [1.29, 1.82) is 0 Å². The van der Waals surface area contributed by atoms with Crippen LogP contribution < -0.4 is 5.73 Å². The first kappa shape index (κ1) is 15.4. The molecule has 18 heavy (non-hydrogen) atoms. The molecular weight excluding hydrogens is 232 g/mol. The van der Waals surface area contributed by atoms with E-state index < -0.39 is 6.10 Å². The fraction of sp³-hybridized carbons (Fsp3) is 0.923. The lowest BCUT2D eigenvalue weighted by Gasteiger charge is -2.34. The van der Waals surface area contributed by atoms with Crippen LogP contribution in [0.2, 0.25) is 0 Å². The Morgan fingerprint density at radius 1 is 1.56 bits per heavy atom. The van der Waals surface area contributed by atoms with Gasteiger partial charge in [-0.15, -0.1) is 0 Å². The van der Waals surface area contributed by atoms with E-state index in [9.17, 15) is 9.90 Å². The molecule has 0 aromatic carbocycles. The van der Waals surface area contributed by atoms with Crippen LogP contribution in [0.1, 0.15) is 26.2 Å². The van der Waals surface area contributed by atoms with Gasteiger partial charge in [0.15, 0.2) is 0 Å². The van der Waals surface area contributed by atoms with Gasteiger partial charge in [0.1, 0.15) is 0 Å². The van der Waals surface area contributed by atoms with E-state index in [0.29, 0.717) is 12.5 Å². The summed E-state index contributed by atoms with van der Waals surface area (Å²) in [7, 11) is 3.27. The normalized spacial score (nSPS) is 29.9. The van der Waals surface area contributed by atoms with E-state index >= 15 is 0 Å². The van der Waals surface area contributed by atoms with Crippen molar-refractivity contribution in [2.75, 3.05) is 27.3 Å². The van der Waals surface area contributed by atoms with Crippen LogP contribution in [-0.2, 0) is 9.53 Å². The molecule has 0 aromatic heterocycles. The highest BCUT2D eigenvalue weighted by atomic mass is 16.5. The number of aliphatic hydroxyl groups is 1. The summed E-state index contributed by atoms with van der Waals surface area (Å²) < 4.78 is 4.86. The number of carbonyl (C=O) groups excluding carboxylic acids is 1. The molecule has 1 fully saturated rings. The molecule has 0 heterocycles. The number of likely N-dealkylation sites (N-methyl/N-ethyl adjacent to an activating group) is 1. The number of carbonyl (C=O) groups is 1. The zero-order valence-electron chi connectivity index (χ0n) is 11.6. The van der Waals surface area contributed by atoms with Crippen LogP contribution in [-0.4, -0.2) is 55.4 Å². The first-order chi connectivity index (χ1) is 8.45. The number of amides is 1. The maximum Gasteiger partial charge on any atom is 0.225 e. The van der Waals surface area contributed by atoms with Crippen LogP contribution in [0.4, 0.5) is 0 Å². The Morgan fingerprint density at radius 3 is 2.83 bits per heavy atom. The summed E-state index contributed by atoms with van der Waals surface area (Å²) in [5.74, 6) is 0.459. The zero-order valence-corrected chi connectivity index (χ0v) is 11.6. The van der Waals surface area contributed by atoms with E-state index in [2.05, 4.69) is 6.92 Å². The van der Waals surface area contributed by atoms with Crippen LogP contribution >= 0.6 is 0 Å². The van der Waals surface area contributed by atoms with Crippen LogP contribution in [0.25, 0.3) is 0 Å². The smallest absolute Gasteiger partial charge is 0.225 e. The molecule has 0 saturated heterocycles. The second-order valence-corrected chi connectivity index (χ2v) is 5.48. The number of ether oxygens (including phenoxy) is 1. The molecule has 0 spiro atoms. The molecule has 106 valence electrons. The van der Waals surface area contributed by atoms with Crippen LogP contribution in [0.3, 0.4) is 0 Å². The van der Waals surface area contributed by atoms with Crippen molar-refractivity contribution in [1.82, 2.24) is 4.90 Å². The number of aliphatic hydroxyl groups excluding tert-OH is 1. The van der Waals surface area contributed by atoms with Gasteiger partial charge in [0.2, 0.25) is 5.91 Å². The van der Waals surface area contributed by atoms with Crippen LogP contribution in [0.15, 0.2) is 0 Å². The zero-order chi connectivity index (χ0) is 13.7. The van der Waals surface area contributed by atoms with Gasteiger partial charge in [0.25, 0.3) is 0 Å². The third-order valence-electron chi connectivity index (χ3n) is 3.77. The monoisotopic (exact) mass is 258 g/mol. The minimum absolute atomic E-state index is 0.00602. The lowest BCUT2D eigenvalue weighted by atomic mass is 9.77. The van der Waals surface area contributed by atoms with E-state index in [4.69, 9.17) is 10.5 Å². The highest BCUT2D eigenvalue weighted by Crippen LogP contribution is 2.30. The number of hydrogen-bond acceptors (Lipinski definition) is 4. The standard InChI is InChI=1S/C13H26N2O3/c1-9-4-5-10(14)6-12(9)13(17)15(2)7-11(16)8-18-3/h9-12,16H,4-8,14H2,1-3H3. The van der Waals surface area contributed by atoms with Gasteiger partial charge in [0, 0.05) is 32.7 Å². The molecule has 5 nitrogen and oxygen atoms in total. The summed E-state index contributed by atoms with van der Waals surface area (Å²) in [6.07, 6.45) is 2.13. The van der Waals surface area contributed by atoms with Gasteiger partial charge in [-0.3, -0.25) is 4.79 Å². The third kappa shape index (κ3) is 4.23. The summed E-state index contributed by atoms with van der Waals surface area (Å²) in [5, 5.41) is 9.64. The number of hydrogen-bond donors (Lipinski definition) is 2. The molecule has 4 unspecified atom stereocenters. The van der Waals surface area contributed by atoms with Gasteiger partial charge in [-0.2, -0.15) is 0 Å². The largest absolute Gasteiger partial charge is 0.389 e. The Kier molecular flexibility index (Phi) is 6.05. The molecule has 1 aliphatic rings. The van der Waals surface area contributed by atoms with Crippen molar-refractivity contribution in [3.8, 4) is 0 Å². The average Bonchev–Trinajstić information content (AvgIpc) is 2.31. The van der Waals surface area contributed by atoms with Gasteiger partial charge in [0.05, 0.1) is 12.7 Å². The summed E-state index contributed by atoms with van der Waals surface area (Å²) in [6.45, 7) is 2.66. The number of nitrogens with zero attached hydrogens (tertiary/aromatic N) is 1. The Bertz CT molecular complexity index is 273. The van der Waals surface area contributed by atoms with Gasteiger partial charge >= 0.3 is 0 Å². The summed E-state index contributed by atoms with van der Waals surface area (Å²) in [5.41, 5.74) is 5.93. The molecule has 4 atom stereocenters. The van der Waals surface area contributed by atoms with Gasteiger partial charge in [-0.1, -0.05) is 6.92 Å². The topological polar surface area (TPSA) is 75.8 Å². The Balaban J connectivity index is 2.51. The van der Waals surface area contributed by atoms with E-state index in [1.165, 1.54) is 7.11 Å². The van der Waals surface area contributed by atoms with E-state index in [-0.39, 0.29) is 24.5 Å². The SMILES string of the molecule is COCC(O)CN(C)C(=O)C1CC(N)CCC1C. The first-order valence-corrected chi connectivity index (χ1v) is 6.63. The predicted octanol–water partition coefficient (Wildman–Crippen LogP) is 0.216. The highest BCUT2D eigenvalue weighted by molar-refractivity contribution is 5.79. The van der Waals surface area contributed by atoms with Crippen molar-refractivity contribution >= 4 is 5.91 Å². The quantitative estimate of drug-likeness (QED) is 0.739. The molecule has 0 aromatic rings. The van der Waals surface area contributed by atoms with Gasteiger partial charge < -0.3 is 20.5 Å². The molecule has 0 bridgehead atoms. The van der Waals surface area contributed by atoms with Gasteiger partial charge in [-0.05, 0) is 25.2 Å². The highest BCUT2D eigenvalue weighted by Gasteiger charge is 2.33. The lowest BCUT2D eigenvalue weighted by molar-refractivity contribution is -0.138. The van der Waals surface area contributed by atoms with Crippen molar-refractivity contribution in [2.24, 2.45) is 17.6 Å². The summed E-state index contributed by atoms with van der Waals surface area (Å²) >= 11 is 0. The fourth-order valence-corrected chi connectivity index (χ4v) is 2.63. The minimum atomic E-state index is -0.628. The fourth-order valence-electron chi connectivity index (χ4n) is 2.63. The second kappa shape index (κ2) is 7.07. The van der Waals surface area contributed by atoms with E-state index in [1.54, 1.807) is 11.9 Å². The number of nitrogens with two attached hydrogens (primary N) is 1. The Labute approximate surface area is 109 Å².